The van der Waals surface area contributed by atoms with Crippen molar-refractivity contribution in [3.63, 3.8) is 0 Å². The number of hydrogen-bond acceptors (Lipinski definition) is 13. The Labute approximate surface area is 307 Å². The highest BCUT2D eigenvalue weighted by atomic mass is 16.8. The van der Waals surface area contributed by atoms with Crippen LogP contribution in [0.5, 0.6) is 0 Å². The first-order valence-corrected chi connectivity index (χ1v) is 20.3. The number of aliphatic hydroxyl groups excluding tert-OH is 8. The maximum atomic E-state index is 11.1. The van der Waals surface area contributed by atoms with E-state index in [1.54, 1.807) is 0 Å². The van der Waals surface area contributed by atoms with E-state index >= 15 is 0 Å². The molecule has 3 aliphatic heterocycles. The van der Waals surface area contributed by atoms with Crippen molar-refractivity contribution in [2.75, 3.05) is 19.8 Å². The standard InChI is InChI=1S/C39H66O13/c1-18(15-40)5-8-25-19(2)29-26(49-25)14-24-22-7-6-20-13-21(9-11-38(20,3)23(22)10-12-39(24,29)4)48-37-35(33(46)31(44)28(17-42)51-37)52-36-34(47)32(45)30(43)27(16-41)50-36/h18-37,40-47H,5-17H2,1-4H3/t18-,19+,20+,21?,22?,23?,24?,25?,26?,27?,28?,29?,30?,31?,32?,33?,34?,35?,36?,37?,38-,39-/m0/s1. The fourth-order valence-corrected chi connectivity index (χ4v) is 12.7. The first kappa shape index (κ1) is 39.7. The molecule has 8 N–H and O–H groups in total. The van der Waals surface area contributed by atoms with Crippen LogP contribution in [0.1, 0.15) is 91.9 Å². The number of ether oxygens (including phenoxy) is 5. The zero-order valence-electron chi connectivity index (χ0n) is 31.4. The molecule has 13 nitrogen and oxygen atoms in total. The number of hydrogen-bond donors (Lipinski definition) is 8. The minimum atomic E-state index is -1.71. The molecule has 0 amide bonds. The average molecular weight is 743 g/mol. The van der Waals surface area contributed by atoms with E-state index in [1.165, 1.54) is 19.3 Å². The summed E-state index contributed by atoms with van der Waals surface area (Å²) in [6.07, 6.45) is -3.70. The smallest absolute Gasteiger partial charge is 0.187 e. The molecule has 17 unspecified atom stereocenters. The van der Waals surface area contributed by atoms with Gasteiger partial charge in [0.05, 0.1) is 31.5 Å². The molecule has 3 heterocycles. The van der Waals surface area contributed by atoms with E-state index in [9.17, 15) is 40.9 Å². The van der Waals surface area contributed by atoms with E-state index in [0.717, 1.165) is 44.9 Å². The zero-order valence-corrected chi connectivity index (χ0v) is 31.4. The Balaban J connectivity index is 1.01. The molecule has 0 aromatic carbocycles. The van der Waals surface area contributed by atoms with Crippen LogP contribution in [0.3, 0.4) is 0 Å². The van der Waals surface area contributed by atoms with E-state index < -0.39 is 74.6 Å². The molecule has 13 heteroatoms. The number of fused-ring (bicyclic) bond motifs is 7. The van der Waals surface area contributed by atoms with Crippen molar-refractivity contribution >= 4 is 0 Å². The molecule has 4 saturated carbocycles. The predicted molar refractivity (Wildman–Crippen MR) is 185 cm³/mol. The summed E-state index contributed by atoms with van der Waals surface area (Å²) >= 11 is 0. The lowest BCUT2D eigenvalue weighted by atomic mass is 9.44. The molecule has 0 bridgehead atoms. The van der Waals surface area contributed by atoms with Gasteiger partial charge in [-0.3, -0.25) is 0 Å². The van der Waals surface area contributed by atoms with E-state index in [2.05, 4.69) is 27.7 Å². The van der Waals surface area contributed by atoms with Crippen molar-refractivity contribution in [1.29, 1.82) is 0 Å². The molecule has 7 rings (SSSR count). The summed E-state index contributed by atoms with van der Waals surface area (Å²) in [6.45, 7) is 8.60. The third-order valence-electron chi connectivity index (χ3n) is 15.8. The summed E-state index contributed by atoms with van der Waals surface area (Å²) in [6, 6.07) is 0. The summed E-state index contributed by atoms with van der Waals surface area (Å²) < 4.78 is 30.8. The Bertz CT molecular complexity index is 1210. The van der Waals surface area contributed by atoms with Gasteiger partial charge in [-0.05, 0) is 116 Å². The SMILES string of the molecule is C[C@H](CO)CCC1OC2CC3C4CC[C@@H]5CC(OC6OC(CO)C(O)C(O)C6OC6OC(CO)C(O)C(O)C6O)CC[C@]5(C)C4CC[C@]3(C)C2[C@@H]1C. The highest BCUT2D eigenvalue weighted by Gasteiger charge is 2.66. The van der Waals surface area contributed by atoms with Crippen LogP contribution in [0.4, 0.5) is 0 Å². The van der Waals surface area contributed by atoms with Gasteiger partial charge in [0.25, 0.3) is 0 Å². The Kier molecular flexibility index (Phi) is 11.8. The lowest BCUT2D eigenvalue weighted by molar-refractivity contribution is -0.373. The van der Waals surface area contributed by atoms with E-state index in [1.807, 2.05) is 0 Å². The molecule has 7 aliphatic rings. The van der Waals surface area contributed by atoms with Gasteiger partial charge in [-0.1, -0.05) is 27.7 Å². The third kappa shape index (κ3) is 6.73. The highest BCUT2D eigenvalue weighted by Crippen LogP contribution is 2.70. The van der Waals surface area contributed by atoms with E-state index in [0.29, 0.717) is 47.5 Å². The molecule has 300 valence electrons. The second kappa shape index (κ2) is 15.4. The maximum Gasteiger partial charge on any atom is 0.187 e. The van der Waals surface area contributed by atoms with Gasteiger partial charge in [-0.2, -0.15) is 0 Å². The van der Waals surface area contributed by atoms with Crippen molar-refractivity contribution in [3.05, 3.63) is 0 Å². The van der Waals surface area contributed by atoms with Crippen molar-refractivity contribution in [2.45, 2.75) is 172 Å². The number of rotatable bonds is 10. The van der Waals surface area contributed by atoms with E-state index in [4.69, 9.17) is 23.7 Å². The summed E-state index contributed by atoms with van der Waals surface area (Å²) in [4.78, 5) is 0. The van der Waals surface area contributed by atoms with Gasteiger partial charge in [0.1, 0.15) is 48.8 Å². The lowest BCUT2D eigenvalue weighted by Crippen LogP contribution is -2.65. The zero-order chi connectivity index (χ0) is 37.3. The van der Waals surface area contributed by atoms with Gasteiger partial charge < -0.3 is 64.5 Å². The second-order valence-corrected chi connectivity index (χ2v) is 18.4. The van der Waals surface area contributed by atoms with Crippen LogP contribution >= 0.6 is 0 Å². The summed E-state index contributed by atoms with van der Waals surface area (Å²) in [5, 5.41) is 82.2. The van der Waals surface area contributed by atoms with Gasteiger partial charge in [0.2, 0.25) is 0 Å². The van der Waals surface area contributed by atoms with Crippen LogP contribution < -0.4 is 0 Å². The largest absolute Gasteiger partial charge is 0.396 e. The monoisotopic (exact) mass is 742 g/mol. The third-order valence-corrected chi connectivity index (χ3v) is 15.8. The van der Waals surface area contributed by atoms with Crippen LogP contribution in [0, 0.1) is 52.3 Å². The summed E-state index contributed by atoms with van der Waals surface area (Å²) in [5.41, 5.74) is 0.454. The van der Waals surface area contributed by atoms with Crippen LogP contribution in [0.25, 0.3) is 0 Å². The molecule has 22 atom stereocenters. The lowest BCUT2D eigenvalue weighted by Gasteiger charge is -2.61. The molecular weight excluding hydrogens is 676 g/mol. The second-order valence-electron chi connectivity index (χ2n) is 18.4. The highest BCUT2D eigenvalue weighted by molar-refractivity contribution is 5.14. The van der Waals surface area contributed by atoms with Gasteiger partial charge in [0.15, 0.2) is 12.6 Å². The Morgan fingerprint density at radius 2 is 1.37 bits per heavy atom. The quantitative estimate of drug-likeness (QED) is 0.148. The van der Waals surface area contributed by atoms with Gasteiger partial charge in [-0.15, -0.1) is 0 Å². The Morgan fingerprint density at radius 3 is 2.06 bits per heavy atom. The normalized spacial score (nSPS) is 55.3. The fourth-order valence-electron chi connectivity index (χ4n) is 12.7. The minimum Gasteiger partial charge on any atom is -0.396 e. The summed E-state index contributed by atoms with van der Waals surface area (Å²) in [7, 11) is 0. The van der Waals surface area contributed by atoms with Gasteiger partial charge in [0, 0.05) is 6.61 Å². The van der Waals surface area contributed by atoms with Gasteiger partial charge >= 0.3 is 0 Å². The van der Waals surface area contributed by atoms with Crippen molar-refractivity contribution in [2.24, 2.45) is 52.3 Å². The molecule has 4 aliphatic carbocycles. The molecule has 0 aromatic rings. The topological polar surface area (TPSA) is 208 Å². The summed E-state index contributed by atoms with van der Waals surface area (Å²) in [5.74, 6) is 3.83. The fraction of sp³-hybridized carbons (Fsp3) is 1.00. The average Bonchev–Trinajstić information content (AvgIpc) is 3.62. The van der Waals surface area contributed by atoms with Crippen LogP contribution in [0.2, 0.25) is 0 Å². The minimum absolute atomic E-state index is 0.167. The predicted octanol–water partition coefficient (Wildman–Crippen LogP) is 1.08. The van der Waals surface area contributed by atoms with Crippen LogP contribution in [-0.2, 0) is 23.7 Å². The Hall–Kier alpha value is -0.520. The van der Waals surface area contributed by atoms with Crippen LogP contribution in [-0.4, -0.2) is 140 Å². The van der Waals surface area contributed by atoms with Crippen LogP contribution in [0.15, 0.2) is 0 Å². The molecule has 3 saturated heterocycles. The van der Waals surface area contributed by atoms with Crippen molar-refractivity contribution < 1.29 is 64.5 Å². The molecule has 7 fully saturated rings. The number of aliphatic hydroxyl groups is 8. The maximum absolute atomic E-state index is 11.1. The van der Waals surface area contributed by atoms with Crippen molar-refractivity contribution in [1.82, 2.24) is 0 Å². The first-order chi connectivity index (χ1) is 24.7. The Morgan fingerprint density at radius 1 is 0.692 bits per heavy atom. The first-order valence-electron chi connectivity index (χ1n) is 20.3. The molecule has 0 aromatic heterocycles. The van der Waals surface area contributed by atoms with Gasteiger partial charge in [-0.25, -0.2) is 0 Å². The molecule has 0 radical (unpaired) electrons. The van der Waals surface area contributed by atoms with Crippen molar-refractivity contribution in [3.8, 4) is 0 Å². The molecule has 52 heavy (non-hydrogen) atoms. The van der Waals surface area contributed by atoms with E-state index in [-0.39, 0.29) is 29.6 Å². The molecule has 0 spiro atoms. The molecular formula is C39H66O13.